The van der Waals surface area contributed by atoms with Crippen LogP contribution >= 0.6 is 11.8 Å². The average Bonchev–Trinajstić information content (AvgIpc) is 3.39. The Bertz CT molecular complexity index is 724. The van der Waals surface area contributed by atoms with Crippen molar-refractivity contribution in [2.45, 2.75) is 55.7 Å². The van der Waals surface area contributed by atoms with Gasteiger partial charge in [0.2, 0.25) is 5.95 Å². The standard InChI is InChI=1S/C19H25FN4OS/c1-14(15-6-8-16(20)9-7-15)26-19-22-21-18(23-10-2-3-11-23)24(19)13-17-5-4-12-25-17/h6-9,14,17H,2-5,10-13H2,1H3/t14-,17+/m0/s1. The van der Waals surface area contributed by atoms with Crippen LogP contribution in [-0.4, -0.2) is 40.6 Å². The van der Waals surface area contributed by atoms with E-state index in [2.05, 4.69) is 26.6 Å². The van der Waals surface area contributed by atoms with Crippen LogP contribution in [0.15, 0.2) is 29.4 Å². The molecule has 5 nitrogen and oxygen atoms in total. The van der Waals surface area contributed by atoms with Gasteiger partial charge in [0.1, 0.15) is 5.82 Å². The first-order chi connectivity index (χ1) is 12.7. The quantitative estimate of drug-likeness (QED) is 0.712. The van der Waals surface area contributed by atoms with E-state index in [0.29, 0.717) is 0 Å². The van der Waals surface area contributed by atoms with Crippen molar-refractivity contribution in [1.29, 1.82) is 0 Å². The molecule has 2 aliphatic heterocycles. The van der Waals surface area contributed by atoms with Crippen molar-refractivity contribution >= 4 is 17.7 Å². The SMILES string of the molecule is C[C@H](Sc1nnc(N2CCCC2)n1C[C@H]1CCCO1)c1ccc(F)cc1. The third-order valence-electron chi connectivity index (χ3n) is 5.12. The van der Waals surface area contributed by atoms with Gasteiger partial charge in [-0.1, -0.05) is 23.9 Å². The number of thioether (sulfide) groups is 1. The van der Waals surface area contributed by atoms with E-state index in [9.17, 15) is 4.39 Å². The van der Waals surface area contributed by atoms with Crippen LogP contribution < -0.4 is 4.90 Å². The van der Waals surface area contributed by atoms with Gasteiger partial charge in [0, 0.05) is 24.9 Å². The predicted octanol–water partition coefficient (Wildman–Crippen LogP) is 4.05. The summed E-state index contributed by atoms with van der Waals surface area (Å²) < 4.78 is 21.3. The molecule has 140 valence electrons. The number of aromatic nitrogens is 3. The van der Waals surface area contributed by atoms with E-state index in [4.69, 9.17) is 4.74 Å². The van der Waals surface area contributed by atoms with Crippen molar-refractivity contribution in [2.24, 2.45) is 0 Å². The van der Waals surface area contributed by atoms with Gasteiger partial charge in [-0.25, -0.2) is 4.39 Å². The van der Waals surface area contributed by atoms with Gasteiger partial charge in [0.15, 0.2) is 5.16 Å². The monoisotopic (exact) mass is 376 g/mol. The number of ether oxygens (including phenoxy) is 1. The van der Waals surface area contributed by atoms with Crippen molar-refractivity contribution in [3.8, 4) is 0 Å². The number of rotatable bonds is 6. The lowest BCUT2D eigenvalue weighted by atomic mass is 10.2. The van der Waals surface area contributed by atoms with Crippen LogP contribution in [0.2, 0.25) is 0 Å². The van der Waals surface area contributed by atoms with Gasteiger partial charge in [-0.15, -0.1) is 10.2 Å². The molecule has 2 atom stereocenters. The topological polar surface area (TPSA) is 43.2 Å². The molecule has 2 saturated heterocycles. The van der Waals surface area contributed by atoms with Crippen LogP contribution in [0, 0.1) is 5.82 Å². The highest BCUT2D eigenvalue weighted by molar-refractivity contribution is 7.99. The fourth-order valence-corrected chi connectivity index (χ4v) is 4.61. The lowest BCUT2D eigenvalue weighted by Gasteiger charge is -2.21. The molecule has 0 spiro atoms. The lowest BCUT2D eigenvalue weighted by Crippen LogP contribution is -2.25. The maximum atomic E-state index is 13.2. The normalized spacial score (nSPS) is 21.5. The predicted molar refractivity (Wildman–Crippen MR) is 101 cm³/mol. The molecule has 2 aromatic rings. The Labute approximate surface area is 157 Å². The molecule has 0 amide bonds. The van der Waals surface area contributed by atoms with Crippen LogP contribution in [0.25, 0.3) is 0 Å². The van der Waals surface area contributed by atoms with Crippen LogP contribution in [0.1, 0.15) is 43.4 Å². The third-order valence-corrected chi connectivity index (χ3v) is 6.26. The number of hydrogen-bond donors (Lipinski definition) is 0. The Kier molecular flexibility index (Phi) is 5.45. The summed E-state index contributed by atoms with van der Waals surface area (Å²) in [6.45, 7) is 5.86. The highest BCUT2D eigenvalue weighted by Gasteiger charge is 2.26. The number of nitrogens with zero attached hydrogens (tertiary/aromatic N) is 4. The summed E-state index contributed by atoms with van der Waals surface area (Å²) in [5.74, 6) is 0.760. The Hall–Kier alpha value is -1.60. The molecule has 4 rings (SSSR count). The Morgan fingerprint density at radius 3 is 2.65 bits per heavy atom. The molecular formula is C19H25FN4OS. The van der Waals surface area contributed by atoms with Crippen molar-refractivity contribution in [3.05, 3.63) is 35.6 Å². The van der Waals surface area contributed by atoms with E-state index in [1.807, 2.05) is 12.1 Å². The van der Waals surface area contributed by atoms with Crippen molar-refractivity contribution in [2.75, 3.05) is 24.6 Å². The van der Waals surface area contributed by atoms with Crippen molar-refractivity contribution < 1.29 is 9.13 Å². The zero-order valence-electron chi connectivity index (χ0n) is 15.1. The maximum Gasteiger partial charge on any atom is 0.228 e. The van der Waals surface area contributed by atoms with E-state index in [1.54, 1.807) is 11.8 Å². The van der Waals surface area contributed by atoms with Gasteiger partial charge in [-0.05, 0) is 50.3 Å². The van der Waals surface area contributed by atoms with Gasteiger partial charge in [-0.2, -0.15) is 0 Å². The minimum absolute atomic E-state index is 0.175. The van der Waals surface area contributed by atoms with Gasteiger partial charge in [0.25, 0.3) is 0 Å². The highest BCUT2D eigenvalue weighted by atomic mass is 32.2. The van der Waals surface area contributed by atoms with Crippen molar-refractivity contribution in [3.63, 3.8) is 0 Å². The molecule has 7 heteroatoms. The minimum Gasteiger partial charge on any atom is -0.376 e. The first-order valence-electron chi connectivity index (χ1n) is 9.42. The largest absolute Gasteiger partial charge is 0.376 e. The maximum absolute atomic E-state index is 13.2. The van der Waals surface area contributed by atoms with E-state index < -0.39 is 0 Å². The number of benzene rings is 1. The summed E-state index contributed by atoms with van der Waals surface area (Å²) in [7, 11) is 0. The molecule has 2 fully saturated rings. The Morgan fingerprint density at radius 2 is 1.96 bits per heavy atom. The van der Waals surface area contributed by atoms with Crippen LogP contribution in [0.5, 0.6) is 0 Å². The molecule has 0 saturated carbocycles. The second kappa shape index (κ2) is 7.96. The summed E-state index contributed by atoms with van der Waals surface area (Å²) >= 11 is 1.68. The first-order valence-corrected chi connectivity index (χ1v) is 10.3. The second-order valence-corrected chi connectivity index (χ2v) is 8.34. The summed E-state index contributed by atoms with van der Waals surface area (Å²) in [6.07, 6.45) is 4.88. The summed E-state index contributed by atoms with van der Waals surface area (Å²) in [4.78, 5) is 2.33. The van der Waals surface area contributed by atoms with Gasteiger partial charge < -0.3 is 9.64 Å². The zero-order chi connectivity index (χ0) is 17.9. The number of hydrogen-bond acceptors (Lipinski definition) is 5. The van der Waals surface area contributed by atoms with Gasteiger partial charge in [0.05, 0.1) is 12.6 Å². The lowest BCUT2D eigenvalue weighted by molar-refractivity contribution is 0.0952. The average molecular weight is 377 g/mol. The first kappa shape index (κ1) is 17.8. The van der Waals surface area contributed by atoms with Crippen LogP contribution in [0.4, 0.5) is 10.3 Å². The molecule has 0 bridgehead atoms. The molecule has 2 aliphatic rings. The third kappa shape index (κ3) is 3.88. The van der Waals surface area contributed by atoms with Gasteiger partial charge >= 0.3 is 0 Å². The molecule has 0 N–H and O–H groups in total. The molecular weight excluding hydrogens is 351 g/mol. The molecule has 26 heavy (non-hydrogen) atoms. The second-order valence-electron chi connectivity index (χ2n) is 7.03. The Balaban J connectivity index is 1.56. The van der Waals surface area contributed by atoms with Gasteiger partial charge in [-0.3, -0.25) is 4.57 Å². The summed E-state index contributed by atoms with van der Waals surface area (Å²) in [5, 5.41) is 10.1. The van der Waals surface area contributed by atoms with Crippen LogP contribution in [-0.2, 0) is 11.3 Å². The smallest absolute Gasteiger partial charge is 0.228 e. The molecule has 0 aliphatic carbocycles. The van der Waals surface area contributed by atoms with E-state index in [-0.39, 0.29) is 17.2 Å². The molecule has 1 aromatic carbocycles. The van der Waals surface area contributed by atoms with Crippen molar-refractivity contribution in [1.82, 2.24) is 14.8 Å². The number of halogens is 1. The molecule has 3 heterocycles. The molecule has 0 unspecified atom stereocenters. The van der Waals surface area contributed by atoms with E-state index >= 15 is 0 Å². The van der Waals surface area contributed by atoms with Crippen LogP contribution in [0.3, 0.4) is 0 Å². The Morgan fingerprint density at radius 1 is 1.19 bits per heavy atom. The highest BCUT2D eigenvalue weighted by Crippen LogP contribution is 2.36. The minimum atomic E-state index is -0.205. The molecule has 0 radical (unpaired) electrons. The fraction of sp³-hybridized carbons (Fsp3) is 0.579. The molecule has 1 aromatic heterocycles. The fourth-order valence-electron chi connectivity index (χ4n) is 3.63. The summed E-state index contributed by atoms with van der Waals surface area (Å²) in [5.41, 5.74) is 1.09. The zero-order valence-corrected chi connectivity index (χ0v) is 15.9. The number of anilines is 1. The summed E-state index contributed by atoms with van der Waals surface area (Å²) in [6, 6.07) is 6.71. The van der Waals surface area contributed by atoms with E-state index in [0.717, 1.165) is 55.8 Å². The van der Waals surface area contributed by atoms with E-state index in [1.165, 1.54) is 25.0 Å².